The Balaban J connectivity index is 1.32. The molecule has 0 unspecified atom stereocenters. The van der Waals surface area contributed by atoms with Crippen LogP contribution >= 0.6 is 0 Å². The van der Waals surface area contributed by atoms with Crippen LogP contribution in [-0.2, 0) is 6.54 Å². The second kappa shape index (κ2) is 6.60. The van der Waals surface area contributed by atoms with Crippen molar-refractivity contribution in [3.05, 3.63) is 41.8 Å². The zero-order valence-electron chi connectivity index (χ0n) is 15.2. The number of oxazole rings is 1. The molecule has 5 heteroatoms. The van der Waals surface area contributed by atoms with Crippen molar-refractivity contribution in [3.63, 3.8) is 0 Å². The third-order valence-corrected chi connectivity index (χ3v) is 6.95. The van der Waals surface area contributed by atoms with Crippen LogP contribution in [0.25, 0.3) is 11.5 Å². The van der Waals surface area contributed by atoms with E-state index in [0.717, 1.165) is 41.6 Å². The number of rotatable bonds is 4. The summed E-state index contributed by atoms with van der Waals surface area (Å²) in [6.45, 7) is 2.41. The predicted molar refractivity (Wildman–Crippen MR) is 102 cm³/mol. The molecule has 4 heterocycles. The Morgan fingerprint density at radius 2 is 1.85 bits per heavy atom. The second-order valence-electron chi connectivity index (χ2n) is 8.23. The smallest absolute Gasteiger partial charge is 0.254 e. The largest absolute Gasteiger partial charge is 0.445 e. The van der Waals surface area contributed by atoms with Gasteiger partial charge in [-0.3, -0.25) is 4.79 Å². The van der Waals surface area contributed by atoms with Gasteiger partial charge in [0, 0.05) is 24.2 Å². The van der Waals surface area contributed by atoms with Crippen LogP contribution in [-0.4, -0.2) is 29.0 Å². The van der Waals surface area contributed by atoms with Crippen LogP contribution in [0.2, 0.25) is 18.0 Å². The molecule has 3 aliphatic rings. The molecule has 0 spiro atoms. The summed E-state index contributed by atoms with van der Waals surface area (Å²) in [6, 6.07) is 5.89. The number of carbonyl (C=O) groups excluding carboxylic acids is 1. The molecule has 4 nitrogen and oxygen atoms in total. The molecule has 1 aromatic carbocycles. The maximum Gasteiger partial charge on any atom is 0.254 e. The van der Waals surface area contributed by atoms with Crippen LogP contribution < -0.4 is 0 Å². The third-order valence-electron chi connectivity index (χ3n) is 6.95. The van der Waals surface area contributed by atoms with Crippen molar-refractivity contribution in [1.82, 2.24) is 9.88 Å². The summed E-state index contributed by atoms with van der Waals surface area (Å²) in [5.74, 6) is 2.60. The summed E-state index contributed by atoms with van der Waals surface area (Å²) in [5, 5.41) is 0. The van der Waals surface area contributed by atoms with Gasteiger partial charge in [0.05, 0.1) is 6.20 Å². The molecule has 134 valence electrons. The van der Waals surface area contributed by atoms with Crippen LogP contribution in [0.1, 0.15) is 54.4 Å². The van der Waals surface area contributed by atoms with Crippen molar-refractivity contribution in [2.24, 2.45) is 0 Å². The maximum absolute atomic E-state index is 12.9. The van der Waals surface area contributed by atoms with Crippen molar-refractivity contribution < 1.29 is 9.21 Å². The number of amides is 1. The monoisotopic (exact) mass is 348 g/mol. The van der Waals surface area contributed by atoms with Crippen LogP contribution in [0.5, 0.6) is 0 Å². The molecule has 26 heavy (non-hydrogen) atoms. The van der Waals surface area contributed by atoms with E-state index in [1.54, 1.807) is 12.5 Å². The van der Waals surface area contributed by atoms with Crippen molar-refractivity contribution in [2.45, 2.75) is 63.0 Å². The molecule has 2 bridgehead atoms. The predicted octanol–water partition coefficient (Wildman–Crippen LogP) is 4.90. The highest BCUT2D eigenvalue weighted by atomic mass is 16.3. The molecule has 0 atom stereocenters. The molecule has 0 N–H and O–H groups in total. The zero-order valence-corrected chi connectivity index (χ0v) is 15.2. The summed E-state index contributed by atoms with van der Waals surface area (Å²) in [6.07, 6.45) is 12.9. The first kappa shape index (κ1) is 16.2. The average molecular weight is 348 g/mol. The van der Waals surface area contributed by atoms with E-state index in [1.807, 2.05) is 23.1 Å². The summed E-state index contributed by atoms with van der Waals surface area (Å²) < 4.78 is 5.48. The molecular formula is C21H25BN2O2. The van der Waals surface area contributed by atoms with Gasteiger partial charge in [-0.15, -0.1) is 0 Å². The van der Waals surface area contributed by atoms with Crippen LogP contribution in [0.4, 0.5) is 0 Å². The quantitative estimate of drug-likeness (QED) is 0.738. The lowest BCUT2D eigenvalue weighted by atomic mass is 9.26. The molecule has 1 amide bonds. The van der Waals surface area contributed by atoms with E-state index >= 15 is 0 Å². The van der Waals surface area contributed by atoms with Crippen LogP contribution in [0, 0.1) is 0 Å². The fraction of sp³-hybridized carbons (Fsp3) is 0.524. The van der Waals surface area contributed by atoms with Gasteiger partial charge in [-0.2, -0.15) is 0 Å². The SMILES string of the molecule is O=C1c2cccc(-c3ncco3)c2CN1CCB1[C@H]2CCC[C@@H]1CCC2. The minimum atomic E-state index is 0.175. The number of hydrogen-bond acceptors (Lipinski definition) is 3. The normalized spacial score (nSPS) is 24.8. The van der Waals surface area contributed by atoms with Gasteiger partial charge < -0.3 is 9.32 Å². The van der Waals surface area contributed by atoms with Crippen molar-refractivity contribution in [2.75, 3.05) is 6.54 Å². The molecule has 2 aromatic rings. The number of benzene rings is 1. The van der Waals surface area contributed by atoms with E-state index in [0.29, 0.717) is 12.4 Å². The molecule has 0 aliphatic carbocycles. The van der Waals surface area contributed by atoms with Gasteiger partial charge in [-0.25, -0.2) is 4.98 Å². The number of carbonyl (C=O) groups is 1. The maximum atomic E-state index is 12.9. The summed E-state index contributed by atoms with van der Waals surface area (Å²) >= 11 is 0. The molecule has 0 radical (unpaired) electrons. The highest BCUT2D eigenvalue weighted by molar-refractivity contribution is 6.62. The van der Waals surface area contributed by atoms with Crippen molar-refractivity contribution in [1.29, 1.82) is 0 Å². The summed E-state index contributed by atoms with van der Waals surface area (Å²) in [5.41, 5.74) is 2.85. The fourth-order valence-corrected chi connectivity index (χ4v) is 5.72. The minimum absolute atomic E-state index is 0.175. The Kier molecular flexibility index (Phi) is 4.10. The Hall–Kier alpha value is -2.04. The van der Waals surface area contributed by atoms with Gasteiger partial charge in [0.15, 0.2) is 0 Å². The standard InChI is InChI=1S/C21H25BN2O2/c25-21-18-9-3-8-17(20-23-11-13-26-20)19(18)14-24(21)12-10-22-15-4-1-5-16(22)7-2-6-15/h3,8-9,11,13,15-16H,1-2,4-7,10,12,14H2/t15-,16+. The Labute approximate surface area is 155 Å². The number of nitrogens with zero attached hydrogens (tertiary/aromatic N) is 2. The van der Waals surface area contributed by atoms with Crippen molar-refractivity contribution >= 4 is 12.6 Å². The van der Waals surface area contributed by atoms with E-state index in [2.05, 4.69) is 4.98 Å². The van der Waals surface area contributed by atoms with Gasteiger partial charge in [-0.1, -0.05) is 62.5 Å². The zero-order chi connectivity index (χ0) is 17.5. The number of fused-ring (bicyclic) bond motifs is 3. The van der Waals surface area contributed by atoms with E-state index in [9.17, 15) is 4.79 Å². The Morgan fingerprint density at radius 1 is 1.12 bits per heavy atom. The van der Waals surface area contributed by atoms with Gasteiger partial charge >= 0.3 is 0 Å². The van der Waals surface area contributed by atoms with Gasteiger partial charge in [-0.05, 0) is 17.7 Å². The van der Waals surface area contributed by atoms with E-state index in [4.69, 9.17) is 4.42 Å². The van der Waals surface area contributed by atoms with Crippen LogP contribution in [0.15, 0.2) is 35.1 Å². The average Bonchev–Trinajstić information content (AvgIpc) is 3.28. The topological polar surface area (TPSA) is 46.3 Å². The third kappa shape index (κ3) is 2.68. The first-order chi connectivity index (χ1) is 12.8. The Morgan fingerprint density at radius 3 is 2.54 bits per heavy atom. The minimum Gasteiger partial charge on any atom is -0.445 e. The Bertz CT molecular complexity index is 782. The summed E-state index contributed by atoms with van der Waals surface area (Å²) in [4.78, 5) is 19.2. The lowest BCUT2D eigenvalue weighted by molar-refractivity contribution is 0.0786. The first-order valence-corrected chi connectivity index (χ1v) is 10.1. The van der Waals surface area contributed by atoms with Crippen molar-refractivity contribution in [3.8, 4) is 11.5 Å². The van der Waals surface area contributed by atoms with E-state index in [-0.39, 0.29) is 5.91 Å². The highest BCUT2D eigenvalue weighted by Crippen LogP contribution is 2.47. The molecular weight excluding hydrogens is 323 g/mol. The fourth-order valence-electron chi connectivity index (χ4n) is 5.72. The summed E-state index contributed by atoms with van der Waals surface area (Å²) in [7, 11) is 0. The highest BCUT2D eigenvalue weighted by Gasteiger charge is 2.39. The second-order valence-corrected chi connectivity index (χ2v) is 8.23. The molecule has 2 saturated heterocycles. The lowest BCUT2D eigenvalue weighted by Gasteiger charge is -2.41. The lowest BCUT2D eigenvalue weighted by Crippen LogP contribution is -2.38. The van der Waals surface area contributed by atoms with E-state index in [1.165, 1.54) is 44.8 Å². The molecule has 2 fully saturated rings. The number of hydrogen-bond donors (Lipinski definition) is 0. The molecule has 0 saturated carbocycles. The van der Waals surface area contributed by atoms with Gasteiger partial charge in [0.1, 0.15) is 13.0 Å². The van der Waals surface area contributed by atoms with Crippen LogP contribution in [0.3, 0.4) is 0 Å². The number of aromatic nitrogens is 1. The van der Waals surface area contributed by atoms with Gasteiger partial charge in [0.25, 0.3) is 5.91 Å². The molecule has 5 rings (SSSR count). The molecule has 3 aliphatic heterocycles. The molecule has 1 aromatic heterocycles. The van der Waals surface area contributed by atoms with Gasteiger partial charge in [0.2, 0.25) is 5.89 Å². The first-order valence-electron chi connectivity index (χ1n) is 10.1. The van der Waals surface area contributed by atoms with E-state index < -0.39 is 0 Å².